The maximum absolute atomic E-state index is 3.01. The van der Waals surface area contributed by atoms with Crippen molar-refractivity contribution in [2.24, 2.45) is 0 Å². The van der Waals surface area contributed by atoms with Crippen LogP contribution in [0.5, 0.6) is 0 Å². The fourth-order valence-electron chi connectivity index (χ4n) is 0.437. The van der Waals surface area contributed by atoms with Gasteiger partial charge in [0.05, 0.1) is 0 Å². The van der Waals surface area contributed by atoms with E-state index >= 15 is 0 Å². The SMILES string of the molecule is CCCC#CNCCC. The van der Waals surface area contributed by atoms with Gasteiger partial charge in [-0.25, -0.2) is 0 Å². The van der Waals surface area contributed by atoms with Crippen LogP contribution in [-0.2, 0) is 0 Å². The molecule has 0 unspecified atom stereocenters. The van der Waals surface area contributed by atoms with Gasteiger partial charge in [0.25, 0.3) is 0 Å². The largest absolute Gasteiger partial charge is 0.346 e. The van der Waals surface area contributed by atoms with Crippen LogP contribution in [0.2, 0.25) is 0 Å². The minimum atomic E-state index is 1.01. The zero-order valence-corrected chi connectivity index (χ0v) is 6.33. The summed E-state index contributed by atoms with van der Waals surface area (Å²) in [5.41, 5.74) is 0. The maximum atomic E-state index is 3.01. The average molecular weight is 125 g/mol. The van der Waals surface area contributed by atoms with Gasteiger partial charge in [0.15, 0.2) is 0 Å². The number of hydrogen-bond donors (Lipinski definition) is 1. The van der Waals surface area contributed by atoms with Gasteiger partial charge in [0.2, 0.25) is 0 Å². The Morgan fingerprint density at radius 3 is 2.56 bits per heavy atom. The van der Waals surface area contributed by atoms with Crippen molar-refractivity contribution >= 4 is 0 Å². The van der Waals surface area contributed by atoms with E-state index in [0.717, 1.165) is 25.8 Å². The standard InChI is InChI=1S/C8H15N/c1-3-5-6-8-9-7-4-2/h9H,3-5,7H2,1-2H3. The monoisotopic (exact) mass is 125 g/mol. The second-order valence-electron chi connectivity index (χ2n) is 1.98. The third-order valence-electron chi connectivity index (χ3n) is 0.927. The Labute approximate surface area is 57.8 Å². The van der Waals surface area contributed by atoms with Gasteiger partial charge in [0, 0.05) is 19.0 Å². The Morgan fingerprint density at radius 2 is 2.00 bits per heavy atom. The van der Waals surface area contributed by atoms with Crippen LogP contribution in [0, 0.1) is 12.0 Å². The van der Waals surface area contributed by atoms with Crippen molar-refractivity contribution in [2.45, 2.75) is 33.1 Å². The van der Waals surface area contributed by atoms with Crippen LogP contribution in [0.3, 0.4) is 0 Å². The minimum absolute atomic E-state index is 1.01. The topological polar surface area (TPSA) is 12.0 Å². The maximum Gasteiger partial charge on any atom is 0.0227 e. The molecule has 0 aliphatic rings. The van der Waals surface area contributed by atoms with Gasteiger partial charge in [-0.05, 0) is 12.8 Å². The first-order valence-corrected chi connectivity index (χ1v) is 3.62. The van der Waals surface area contributed by atoms with E-state index < -0.39 is 0 Å². The molecule has 1 heteroatoms. The van der Waals surface area contributed by atoms with Gasteiger partial charge < -0.3 is 5.32 Å². The van der Waals surface area contributed by atoms with Crippen molar-refractivity contribution in [1.29, 1.82) is 0 Å². The van der Waals surface area contributed by atoms with Gasteiger partial charge in [-0.3, -0.25) is 0 Å². The quantitative estimate of drug-likeness (QED) is 0.344. The van der Waals surface area contributed by atoms with Crippen LogP contribution >= 0.6 is 0 Å². The second-order valence-corrected chi connectivity index (χ2v) is 1.98. The lowest BCUT2D eigenvalue weighted by Crippen LogP contribution is -2.05. The van der Waals surface area contributed by atoms with Gasteiger partial charge in [-0.15, -0.1) is 0 Å². The van der Waals surface area contributed by atoms with Crippen molar-refractivity contribution < 1.29 is 0 Å². The average Bonchev–Trinajstić information content (AvgIpc) is 1.89. The summed E-state index contributed by atoms with van der Waals surface area (Å²) in [6, 6.07) is 2.89. The number of unbranched alkanes of at least 4 members (excludes halogenated alkanes) is 1. The normalized spacial score (nSPS) is 7.78. The molecule has 0 fully saturated rings. The van der Waals surface area contributed by atoms with Crippen molar-refractivity contribution in [3.63, 3.8) is 0 Å². The molecule has 0 saturated heterocycles. The first-order valence-electron chi connectivity index (χ1n) is 3.62. The molecule has 0 rings (SSSR count). The predicted octanol–water partition coefficient (Wildman–Crippen LogP) is 1.75. The van der Waals surface area contributed by atoms with E-state index in [-0.39, 0.29) is 0 Å². The van der Waals surface area contributed by atoms with Crippen LogP contribution in [-0.4, -0.2) is 6.54 Å². The van der Waals surface area contributed by atoms with E-state index in [1.165, 1.54) is 0 Å². The fraction of sp³-hybridized carbons (Fsp3) is 0.750. The summed E-state index contributed by atoms with van der Waals surface area (Å²) in [6.07, 6.45) is 3.32. The highest BCUT2D eigenvalue weighted by Gasteiger charge is 1.71. The van der Waals surface area contributed by atoms with Gasteiger partial charge in [-0.2, -0.15) is 0 Å². The summed E-state index contributed by atoms with van der Waals surface area (Å²) in [7, 11) is 0. The summed E-state index contributed by atoms with van der Waals surface area (Å²) in [6.45, 7) is 5.28. The Balaban J connectivity index is 2.96. The molecule has 0 atom stereocenters. The summed E-state index contributed by atoms with van der Waals surface area (Å²) in [4.78, 5) is 0. The van der Waals surface area contributed by atoms with Crippen molar-refractivity contribution in [1.82, 2.24) is 5.32 Å². The van der Waals surface area contributed by atoms with E-state index in [1.54, 1.807) is 0 Å². The highest BCUT2D eigenvalue weighted by molar-refractivity contribution is 4.95. The fourth-order valence-corrected chi connectivity index (χ4v) is 0.437. The molecule has 0 aromatic carbocycles. The molecule has 0 spiro atoms. The molecule has 0 saturated carbocycles. The summed E-state index contributed by atoms with van der Waals surface area (Å²) in [5, 5.41) is 3.01. The van der Waals surface area contributed by atoms with Crippen LogP contribution in [0.4, 0.5) is 0 Å². The summed E-state index contributed by atoms with van der Waals surface area (Å²) < 4.78 is 0. The van der Waals surface area contributed by atoms with Crippen molar-refractivity contribution in [3.8, 4) is 12.0 Å². The van der Waals surface area contributed by atoms with Crippen LogP contribution in [0.15, 0.2) is 0 Å². The van der Waals surface area contributed by atoms with Crippen molar-refractivity contribution in [3.05, 3.63) is 0 Å². The molecule has 52 valence electrons. The van der Waals surface area contributed by atoms with Gasteiger partial charge in [-0.1, -0.05) is 19.8 Å². The first-order chi connectivity index (χ1) is 4.41. The van der Waals surface area contributed by atoms with E-state index in [9.17, 15) is 0 Å². The van der Waals surface area contributed by atoms with Gasteiger partial charge in [0.1, 0.15) is 0 Å². The Bertz CT molecular complexity index is 96.9. The molecule has 0 heterocycles. The zero-order chi connectivity index (χ0) is 6.95. The van der Waals surface area contributed by atoms with Crippen molar-refractivity contribution in [2.75, 3.05) is 6.54 Å². The van der Waals surface area contributed by atoms with Crippen LogP contribution in [0.25, 0.3) is 0 Å². The second kappa shape index (κ2) is 7.36. The third-order valence-corrected chi connectivity index (χ3v) is 0.927. The number of hydrogen-bond acceptors (Lipinski definition) is 1. The Morgan fingerprint density at radius 1 is 1.22 bits per heavy atom. The lowest BCUT2D eigenvalue weighted by molar-refractivity contribution is 0.827. The molecule has 0 radical (unpaired) electrons. The molecule has 1 nitrogen and oxygen atoms in total. The molecule has 0 aromatic rings. The molecule has 9 heavy (non-hydrogen) atoms. The van der Waals surface area contributed by atoms with Crippen LogP contribution < -0.4 is 5.32 Å². The lowest BCUT2D eigenvalue weighted by atomic mass is 10.3. The highest BCUT2D eigenvalue weighted by Crippen LogP contribution is 1.79. The summed E-state index contributed by atoms with van der Waals surface area (Å²) >= 11 is 0. The molecule has 0 aromatic heterocycles. The molecular formula is C8H15N. The third kappa shape index (κ3) is 7.36. The van der Waals surface area contributed by atoms with Crippen LogP contribution in [0.1, 0.15) is 33.1 Å². The predicted molar refractivity (Wildman–Crippen MR) is 41.0 cm³/mol. The number of rotatable bonds is 3. The minimum Gasteiger partial charge on any atom is -0.346 e. The Hall–Kier alpha value is -0.640. The molecule has 0 aliphatic heterocycles. The van der Waals surface area contributed by atoms with E-state index in [0.29, 0.717) is 0 Å². The Kier molecular flexibility index (Phi) is 6.84. The molecule has 0 aliphatic carbocycles. The van der Waals surface area contributed by atoms with E-state index in [1.807, 2.05) is 0 Å². The van der Waals surface area contributed by atoms with Gasteiger partial charge >= 0.3 is 0 Å². The van der Waals surface area contributed by atoms with E-state index in [2.05, 4.69) is 31.1 Å². The molecular weight excluding hydrogens is 110 g/mol. The van der Waals surface area contributed by atoms with E-state index in [4.69, 9.17) is 0 Å². The molecule has 0 amide bonds. The molecule has 1 N–H and O–H groups in total. The summed E-state index contributed by atoms with van der Waals surface area (Å²) in [5.74, 6) is 3.01. The zero-order valence-electron chi connectivity index (χ0n) is 6.33. The smallest absolute Gasteiger partial charge is 0.0227 e. The first kappa shape index (κ1) is 8.36. The highest BCUT2D eigenvalue weighted by atomic mass is 14.8. The molecule has 0 bridgehead atoms. The lowest BCUT2D eigenvalue weighted by Gasteiger charge is -1.88. The number of nitrogens with one attached hydrogen (secondary N) is 1.